The quantitative estimate of drug-likeness (QED) is 0.659. The molecule has 0 spiro atoms. The van der Waals surface area contributed by atoms with Crippen molar-refractivity contribution in [2.24, 2.45) is 0 Å². The second-order valence-corrected chi connectivity index (χ2v) is 9.79. The molecule has 2 aliphatic rings. The number of para-hydroxylation sites is 1. The van der Waals surface area contributed by atoms with Gasteiger partial charge in [0.05, 0.1) is 23.3 Å². The van der Waals surface area contributed by atoms with E-state index in [4.69, 9.17) is 4.74 Å². The van der Waals surface area contributed by atoms with Crippen molar-refractivity contribution in [1.82, 2.24) is 5.32 Å². The van der Waals surface area contributed by atoms with E-state index in [1.54, 1.807) is 6.07 Å². The zero-order chi connectivity index (χ0) is 21.8. The third-order valence-corrected chi connectivity index (χ3v) is 7.77. The second kappa shape index (κ2) is 9.14. The van der Waals surface area contributed by atoms with Gasteiger partial charge in [-0.25, -0.2) is 8.42 Å². The van der Waals surface area contributed by atoms with Crippen molar-refractivity contribution in [1.29, 1.82) is 0 Å². The summed E-state index contributed by atoms with van der Waals surface area (Å²) >= 11 is 0. The van der Waals surface area contributed by atoms with Crippen molar-refractivity contribution in [2.45, 2.75) is 43.4 Å². The Morgan fingerprint density at radius 3 is 2.74 bits per heavy atom. The third-order valence-electron chi connectivity index (χ3n) is 5.96. The van der Waals surface area contributed by atoms with E-state index in [1.165, 1.54) is 42.0 Å². The number of carbonyl (C=O) groups is 1. The second-order valence-electron chi connectivity index (χ2n) is 7.93. The van der Waals surface area contributed by atoms with Crippen LogP contribution in [0.15, 0.2) is 59.0 Å². The van der Waals surface area contributed by atoms with Crippen molar-refractivity contribution in [3.05, 3.63) is 65.2 Å². The van der Waals surface area contributed by atoms with Crippen LogP contribution in [-0.2, 0) is 16.4 Å². The molecule has 0 atom stereocenters. The number of allylic oxidation sites excluding steroid dienone is 1. The fourth-order valence-corrected chi connectivity index (χ4v) is 5.80. The highest BCUT2D eigenvalue weighted by molar-refractivity contribution is 7.92. The predicted octanol–water partition coefficient (Wildman–Crippen LogP) is 4.07. The van der Waals surface area contributed by atoms with Crippen LogP contribution in [0.2, 0.25) is 0 Å². The summed E-state index contributed by atoms with van der Waals surface area (Å²) in [6.45, 7) is 0.911. The number of hydrogen-bond donors (Lipinski definition) is 1. The summed E-state index contributed by atoms with van der Waals surface area (Å²) in [5, 5.41) is 2.92. The molecule has 4 rings (SSSR count). The fraction of sp³-hybridized carbons (Fsp3) is 0.375. The summed E-state index contributed by atoms with van der Waals surface area (Å²) in [7, 11) is -2.31. The van der Waals surface area contributed by atoms with Gasteiger partial charge in [0.25, 0.3) is 15.9 Å². The highest BCUT2D eigenvalue weighted by atomic mass is 32.2. The van der Waals surface area contributed by atoms with Gasteiger partial charge in [-0.1, -0.05) is 29.8 Å². The van der Waals surface area contributed by atoms with E-state index >= 15 is 0 Å². The number of fused-ring (bicyclic) bond motifs is 1. The normalized spacial score (nSPS) is 15.9. The highest BCUT2D eigenvalue weighted by Gasteiger charge is 2.31. The van der Waals surface area contributed by atoms with Crippen LogP contribution in [0.4, 0.5) is 5.69 Å². The number of anilines is 1. The number of nitrogens with one attached hydrogen (secondary N) is 1. The number of nitrogens with zero attached hydrogens (tertiary/aromatic N) is 1. The summed E-state index contributed by atoms with van der Waals surface area (Å²) in [4.78, 5) is 12.9. The first-order valence-electron chi connectivity index (χ1n) is 10.8. The Kier molecular flexibility index (Phi) is 6.32. The van der Waals surface area contributed by atoms with E-state index in [1.807, 2.05) is 24.3 Å². The van der Waals surface area contributed by atoms with Crippen LogP contribution in [0, 0.1) is 0 Å². The molecule has 164 valence electrons. The SMILES string of the molecule is COc1ccc(S(=O)(=O)N2CCc3ccccc32)cc1C(=O)NCCC1=CCCCC1. The molecule has 7 heteroatoms. The Morgan fingerprint density at radius 1 is 1.13 bits per heavy atom. The topological polar surface area (TPSA) is 75.7 Å². The van der Waals surface area contributed by atoms with Crippen LogP contribution in [0.1, 0.15) is 48.0 Å². The Balaban J connectivity index is 1.54. The van der Waals surface area contributed by atoms with Gasteiger partial charge in [0.2, 0.25) is 0 Å². The van der Waals surface area contributed by atoms with Gasteiger partial charge in [-0.05, 0) is 68.4 Å². The zero-order valence-corrected chi connectivity index (χ0v) is 18.6. The van der Waals surface area contributed by atoms with Crippen molar-refractivity contribution in [3.8, 4) is 5.75 Å². The lowest BCUT2D eigenvalue weighted by atomic mass is 9.97. The Hall–Kier alpha value is -2.80. The average Bonchev–Trinajstić information content (AvgIpc) is 3.24. The molecule has 2 aromatic carbocycles. The molecule has 1 aliphatic heterocycles. The van der Waals surface area contributed by atoms with E-state index in [0.717, 1.165) is 24.8 Å². The third kappa shape index (κ3) is 4.46. The number of amides is 1. The number of hydrogen-bond acceptors (Lipinski definition) is 4. The van der Waals surface area contributed by atoms with E-state index in [9.17, 15) is 13.2 Å². The maximum atomic E-state index is 13.3. The highest BCUT2D eigenvalue weighted by Crippen LogP contribution is 2.34. The van der Waals surface area contributed by atoms with Crippen LogP contribution in [0.25, 0.3) is 0 Å². The van der Waals surface area contributed by atoms with E-state index in [-0.39, 0.29) is 16.4 Å². The van der Waals surface area contributed by atoms with Crippen LogP contribution in [0.5, 0.6) is 5.75 Å². The Morgan fingerprint density at radius 2 is 1.97 bits per heavy atom. The molecular weight excluding hydrogens is 412 g/mol. The minimum atomic E-state index is -3.78. The smallest absolute Gasteiger partial charge is 0.264 e. The summed E-state index contributed by atoms with van der Waals surface area (Å²) < 4.78 is 33.4. The van der Waals surface area contributed by atoms with E-state index in [2.05, 4.69) is 11.4 Å². The molecule has 6 nitrogen and oxygen atoms in total. The molecule has 1 aliphatic carbocycles. The lowest BCUT2D eigenvalue weighted by Gasteiger charge is -2.20. The molecule has 31 heavy (non-hydrogen) atoms. The molecule has 1 heterocycles. The summed E-state index contributed by atoms with van der Waals surface area (Å²) in [6.07, 6.45) is 8.38. The molecule has 0 radical (unpaired) electrons. The van der Waals surface area contributed by atoms with E-state index < -0.39 is 10.0 Å². The summed E-state index contributed by atoms with van der Waals surface area (Å²) in [5.74, 6) is 0.0299. The van der Waals surface area contributed by atoms with Crippen molar-refractivity contribution in [2.75, 3.05) is 24.5 Å². The molecule has 2 aromatic rings. The average molecular weight is 441 g/mol. The summed E-state index contributed by atoms with van der Waals surface area (Å²) in [6, 6.07) is 12.0. The largest absolute Gasteiger partial charge is 0.496 e. The molecule has 0 fully saturated rings. The van der Waals surface area contributed by atoms with Gasteiger partial charge < -0.3 is 10.1 Å². The first kappa shape index (κ1) is 21.4. The number of benzene rings is 2. The van der Waals surface area contributed by atoms with Crippen LogP contribution in [-0.4, -0.2) is 34.5 Å². The number of methoxy groups -OCH3 is 1. The molecule has 0 saturated heterocycles. The monoisotopic (exact) mass is 440 g/mol. The minimum Gasteiger partial charge on any atom is -0.496 e. The molecule has 0 aromatic heterocycles. The maximum Gasteiger partial charge on any atom is 0.264 e. The van der Waals surface area contributed by atoms with Crippen LogP contribution < -0.4 is 14.4 Å². The van der Waals surface area contributed by atoms with Crippen LogP contribution >= 0.6 is 0 Å². The molecular formula is C24H28N2O4S. The number of sulfonamides is 1. The predicted molar refractivity (Wildman–Crippen MR) is 121 cm³/mol. The number of carbonyl (C=O) groups excluding carboxylic acids is 1. The fourth-order valence-electron chi connectivity index (χ4n) is 4.27. The molecule has 0 saturated carbocycles. The summed E-state index contributed by atoms with van der Waals surface area (Å²) in [5.41, 5.74) is 3.32. The maximum absolute atomic E-state index is 13.3. The van der Waals surface area contributed by atoms with E-state index in [0.29, 0.717) is 30.9 Å². The van der Waals surface area contributed by atoms with Crippen molar-refractivity contribution < 1.29 is 17.9 Å². The molecule has 1 N–H and O–H groups in total. The van der Waals surface area contributed by atoms with Gasteiger partial charge >= 0.3 is 0 Å². The number of ether oxygens (including phenoxy) is 1. The Bertz CT molecular complexity index is 1110. The first-order valence-corrected chi connectivity index (χ1v) is 12.2. The van der Waals surface area contributed by atoms with Crippen molar-refractivity contribution >= 4 is 21.6 Å². The van der Waals surface area contributed by atoms with Gasteiger partial charge in [0.1, 0.15) is 5.75 Å². The minimum absolute atomic E-state index is 0.0881. The standard InChI is InChI=1S/C24H28N2O4S/c1-30-23-12-11-20(31(28,29)26-16-14-19-9-5-6-10-22(19)26)17-21(23)24(27)25-15-13-18-7-3-2-4-8-18/h5-7,9-12,17H,2-4,8,13-16H2,1H3,(H,25,27). The van der Waals surface area contributed by atoms with Crippen molar-refractivity contribution in [3.63, 3.8) is 0 Å². The zero-order valence-electron chi connectivity index (χ0n) is 17.8. The molecule has 0 unspecified atom stereocenters. The van der Waals surface area contributed by atoms with Gasteiger partial charge in [-0.3, -0.25) is 9.10 Å². The van der Waals surface area contributed by atoms with Gasteiger partial charge in [-0.2, -0.15) is 0 Å². The molecule has 0 bridgehead atoms. The lowest BCUT2D eigenvalue weighted by molar-refractivity contribution is 0.0950. The van der Waals surface area contributed by atoms with Gasteiger partial charge in [0.15, 0.2) is 0 Å². The first-order chi connectivity index (χ1) is 15.0. The van der Waals surface area contributed by atoms with Gasteiger partial charge in [-0.15, -0.1) is 0 Å². The number of rotatable bonds is 7. The van der Waals surface area contributed by atoms with Crippen LogP contribution in [0.3, 0.4) is 0 Å². The molecule has 1 amide bonds. The lowest BCUT2D eigenvalue weighted by Crippen LogP contribution is -2.30. The Labute approximate surface area is 184 Å². The van der Waals surface area contributed by atoms with Gasteiger partial charge in [0, 0.05) is 13.1 Å².